The molecule has 78 valence electrons. The van der Waals surface area contributed by atoms with Gasteiger partial charge in [-0.05, 0) is 40.6 Å². The number of hydrogen-bond donors (Lipinski definition) is 1. The molecule has 3 heteroatoms. The van der Waals surface area contributed by atoms with Crippen LogP contribution < -0.4 is 0 Å². The molecule has 0 aliphatic heterocycles. The van der Waals surface area contributed by atoms with Crippen LogP contribution in [-0.4, -0.2) is 10.1 Å². The highest BCUT2D eigenvalue weighted by Gasteiger charge is 2.01. The Morgan fingerprint density at radius 2 is 2.00 bits per heavy atom. The normalized spacial score (nSPS) is 10.8. The van der Waals surface area contributed by atoms with E-state index in [4.69, 9.17) is 0 Å². The van der Waals surface area contributed by atoms with Gasteiger partial charge in [-0.3, -0.25) is 4.98 Å². The van der Waals surface area contributed by atoms with Crippen LogP contribution in [0.15, 0.2) is 47.3 Å². The zero-order valence-corrected chi connectivity index (χ0v) is 9.24. The first kappa shape index (κ1) is 9.36. The lowest BCUT2D eigenvalue weighted by Crippen LogP contribution is -1.81. The van der Waals surface area contributed by atoms with Crippen LogP contribution in [0.5, 0.6) is 5.75 Å². The molecule has 0 amide bonds. The van der Waals surface area contributed by atoms with E-state index in [1.165, 1.54) is 5.56 Å². The summed E-state index contributed by atoms with van der Waals surface area (Å²) in [5, 5.41) is 14.5. The van der Waals surface area contributed by atoms with Crippen LogP contribution in [0.2, 0.25) is 0 Å². The minimum absolute atomic E-state index is 0.253. The number of rotatable bonds is 1. The number of thiophene rings is 1. The van der Waals surface area contributed by atoms with Crippen LogP contribution in [0.25, 0.3) is 22.0 Å². The summed E-state index contributed by atoms with van der Waals surface area (Å²) in [7, 11) is 0. The quantitative estimate of drug-likeness (QED) is 0.688. The number of phenolic OH excluding ortho intramolecular Hbond substituents is 1. The minimum Gasteiger partial charge on any atom is -0.508 e. The lowest BCUT2D eigenvalue weighted by Gasteiger charge is -2.01. The number of fused-ring (bicyclic) bond motifs is 1. The molecule has 0 aliphatic carbocycles. The number of phenols is 1. The molecule has 2 heterocycles. The maximum absolute atomic E-state index is 9.35. The largest absolute Gasteiger partial charge is 0.508 e. The predicted molar refractivity (Wildman–Crippen MR) is 66.7 cm³/mol. The molecular weight excluding hydrogens is 218 g/mol. The Kier molecular flexibility index (Phi) is 2.11. The molecule has 1 N–H and O–H groups in total. The van der Waals surface area contributed by atoms with Crippen molar-refractivity contribution < 1.29 is 5.11 Å². The molecule has 0 saturated carbocycles. The summed E-state index contributed by atoms with van der Waals surface area (Å²) in [5.41, 5.74) is 3.12. The van der Waals surface area contributed by atoms with Gasteiger partial charge in [-0.15, -0.1) is 0 Å². The van der Waals surface area contributed by atoms with E-state index in [9.17, 15) is 5.11 Å². The van der Waals surface area contributed by atoms with Gasteiger partial charge in [0.1, 0.15) is 5.75 Å². The zero-order valence-electron chi connectivity index (χ0n) is 8.42. The number of nitrogens with zero attached hydrogens (tertiary/aromatic N) is 1. The second-order valence-corrected chi connectivity index (χ2v) is 4.39. The van der Waals surface area contributed by atoms with Gasteiger partial charge in [0.15, 0.2) is 0 Å². The molecule has 0 aliphatic rings. The molecule has 0 bridgehead atoms. The summed E-state index contributed by atoms with van der Waals surface area (Å²) in [5.74, 6) is 0.253. The van der Waals surface area contributed by atoms with Crippen molar-refractivity contribution in [2.24, 2.45) is 0 Å². The van der Waals surface area contributed by atoms with Gasteiger partial charge in [-0.2, -0.15) is 11.3 Å². The van der Waals surface area contributed by atoms with E-state index < -0.39 is 0 Å². The Balaban J connectivity index is 2.20. The minimum atomic E-state index is 0.253. The topological polar surface area (TPSA) is 33.1 Å². The fourth-order valence-corrected chi connectivity index (χ4v) is 2.36. The van der Waals surface area contributed by atoms with E-state index in [1.807, 2.05) is 12.3 Å². The van der Waals surface area contributed by atoms with E-state index >= 15 is 0 Å². The summed E-state index contributed by atoms with van der Waals surface area (Å²) in [6, 6.07) is 9.40. The van der Waals surface area contributed by atoms with E-state index in [0.29, 0.717) is 0 Å². The Morgan fingerprint density at radius 1 is 1.06 bits per heavy atom. The van der Waals surface area contributed by atoms with Crippen LogP contribution in [0.1, 0.15) is 0 Å². The molecule has 3 aromatic rings. The Labute approximate surface area is 96.8 Å². The highest BCUT2D eigenvalue weighted by atomic mass is 32.1. The van der Waals surface area contributed by atoms with Gasteiger partial charge in [-0.25, -0.2) is 0 Å². The highest BCUT2D eigenvalue weighted by Crippen LogP contribution is 2.26. The third kappa shape index (κ3) is 1.55. The van der Waals surface area contributed by atoms with Crippen molar-refractivity contribution in [3.63, 3.8) is 0 Å². The molecule has 0 spiro atoms. The van der Waals surface area contributed by atoms with Crippen LogP contribution in [0.4, 0.5) is 0 Å². The van der Waals surface area contributed by atoms with Gasteiger partial charge in [0.25, 0.3) is 0 Å². The Hall–Kier alpha value is -1.87. The standard InChI is InChI=1S/C13H9NOS/c15-12-2-1-9-5-11(7-14-13(9)6-12)10-3-4-16-8-10/h1-8,15H. The van der Waals surface area contributed by atoms with E-state index in [-0.39, 0.29) is 5.75 Å². The van der Waals surface area contributed by atoms with Crippen LogP contribution in [0, 0.1) is 0 Å². The fourth-order valence-electron chi connectivity index (χ4n) is 1.70. The molecule has 0 unspecified atom stereocenters. The van der Waals surface area contributed by atoms with Crippen molar-refractivity contribution in [1.82, 2.24) is 4.98 Å². The van der Waals surface area contributed by atoms with Crippen LogP contribution in [0.3, 0.4) is 0 Å². The number of hydrogen-bond acceptors (Lipinski definition) is 3. The van der Waals surface area contributed by atoms with E-state index in [2.05, 4.69) is 27.9 Å². The van der Waals surface area contributed by atoms with Gasteiger partial charge in [0.2, 0.25) is 0 Å². The molecular formula is C13H9NOS. The van der Waals surface area contributed by atoms with Crippen molar-refractivity contribution in [2.45, 2.75) is 0 Å². The van der Waals surface area contributed by atoms with Crippen LogP contribution >= 0.6 is 11.3 Å². The van der Waals surface area contributed by atoms with Crippen molar-refractivity contribution in [3.05, 3.63) is 47.3 Å². The average molecular weight is 227 g/mol. The van der Waals surface area contributed by atoms with E-state index in [0.717, 1.165) is 16.5 Å². The number of benzene rings is 1. The van der Waals surface area contributed by atoms with Gasteiger partial charge in [0, 0.05) is 23.2 Å². The van der Waals surface area contributed by atoms with Gasteiger partial charge in [0.05, 0.1) is 5.52 Å². The molecule has 0 saturated heterocycles. The fraction of sp³-hybridized carbons (Fsp3) is 0. The zero-order chi connectivity index (χ0) is 11.0. The summed E-state index contributed by atoms with van der Waals surface area (Å²) in [4.78, 5) is 4.34. The molecule has 1 aromatic carbocycles. The van der Waals surface area contributed by atoms with Crippen molar-refractivity contribution in [1.29, 1.82) is 0 Å². The highest BCUT2D eigenvalue weighted by molar-refractivity contribution is 7.08. The van der Waals surface area contributed by atoms with Gasteiger partial charge >= 0.3 is 0 Å². The maximum Gasteiger partial charge on any atom is 0.117 e. The molecule has 16 heavy (non-hydrogen) atoms. The third-order valence-corrected chi connectivity index (χ3v) is 3.21. The summed E-state index contributed by atoms with van der Waals surface area (Å²) < 4.78 is 0. The average Bonchev–Trinajstić information content (AvgIpc) is 2.82. The summed E-state index contributed by atoms with van der Waals surface area (Å²) in [6.07, 6.45) is 1.84. The predicted octanol–water partition coefficient (Wildman–Crippen LogP) is 3.67. The second-order valence-electron chi connectivity index (χ2n) is 3.61. The first-order valence-electron chi connectivity index (χ1n) is 4.94. The number of aromatic nitrogens is 1. The molecule has 3 rings (SSSR count). The summed E-state index contributed by atoms with van der Waals surface area (Å²) in [6.45, 7) is 0. The lowest BCUT2D eigenvalue weighted by atomic mass is 10.1. The number of pyridine rings is 1. The smallest absolute Gasteiger partial charge is 0.117 e. The third-order valence-electron chi connectivity index (χ3n) is 2.52. The molecule has 0 fully saturated rings. The molecule has 2 nitrogen and oxygen atoms in total. The first-order valence-corrected chi connectivity index (χ1v) is 5.88. The first-order chi connectivity index (χ1) is 7.83. The second kappa shape index (κ2) is 3.61. The molecule has 2 aromatic heterocycles. The van der Waals surface area contributed by atoms with Gasteiger partial charge in [-0.1, -0.05) is 0 Å². The van der Waals surface area contributed by atoms with Crippen molar-refractivity contribution >= 4 is 22.2 Å². The van der Waals surface area contributed by atoms with Crippen molar-refractivity contribution in [3.8, 4) is 16.9 Å². The molecule has 0 radical (unpaired) electrons. The van der Waals surface area contributed by atoms with Gasteiger partial charge < -0.3 is 5.11 Å². The van der Waals surface area contributed by atoms with Crippen molar-refractivity contribution in [2.75, 3.05) is 0 Å². The van der Waals surface area contributed by atoms with Crippen LogP contribution in [-0.2, 0) is 0 Å². The molecule has 0 atom stereocenters. The maximum atomic E-state index is 9.35. The monoisotopic (exact) mass is 227 g/mol. The Morgan fingerprint density at radius 3 is 2.81 bits per heavy atom. The number of aromatic hydroxyl groups is 1. The summed E-state index contributed by atoms with van der Waals surface area (Å²) >= 11 is 1.67. The van der Waals surface area contributed by atoms with E-state index in [1.54, 1.807) is 23.5 Å². The lowest BCUT2D eigenvalue weighted by molar-refractivity contribution is 0.476. The Bertz CT molecular complexity index is 631. The SMILES string of the molecule is Oc1ccc2cc(-c3ccsc3)cnc2c1.